The second-order valence-electron chi connectivity index (χ2n) is 6.53. The van der Waals surface area contributed by atoms with Gasteiger partial charge in [0.15, 0.2) is 0 Å². The van der Waals surface area contributed by atoms with Crippen LogP contribution < -0.4 is 10.6 Å². The Labute approximate surface area is 121 Å². The molecule has 2 N–H and O–H groups in total. The van der Waals surface area contributed by atoms with E-state index in [0.717, 1.165) is 29.6 Å². The highest BCUT2D eigenvalue weighted by Crippen LogP contribution is 2.49. The first-order valence-electron chi connectivity index (χ1n) is 7.97. The molecule has 3 rings (SSSR count). The second kappa shape index (κ2) is 5.23. The Balaban J connectivity index is 1.75. The molecule has 0 unspecified atom stereocenters. The first kappa shape index (κ1) is 13.7. The fourth-order valence-electron chi connectivity index (χ4n) is 2.97. The van der Waals surface area contributed by atoms with Gasteiger partial charge in [-0.1, -0.05) is 13.3 Å². The molecule has 20 heavy (non-hydrogen) atoms. The molecule has 110 valence electrons. The molecule has 1 aromatic rings. The summed E-state index contributed by atoms with van der Waals surface area (Å²) in [5, 5.41) is 6.81. The van der Waals surface area contributed by atoms with Crippen LogP contribution in [0.15, 0.2) is 0 Å². The van der Waals surface area contributed by atoms with Crippen molar-refractivity contribution >= 4 is 11.6 Å². The van der Waals surface area contributed by atoms with Crippen molar-refractivity contribution < 1.29 is 0 Å². The highest BCUT2D eigenvalue weighted by molar-refractivity contribution is 5.57. The van der Waals surface area contributed by atoms with Crippen LogP contribution in [0.2, 0.25) is 0 Å². The van der Waals surface area contributed by atoms with Crippen molar-refractivity contribution in [1.82, 2.24) is 9.97 Å². The van der Waals surface area contributed by atoms with Gasteiger partial charge in [-0.2, -0.15) is 0 Å². The maximum absolute atomic E-state index is 4.77. The molecule has 1 aromatic heterocycles. The summed E-state index contributed by atoms with van der Waals surface area (Å²) in [4.78, 5) is 9.42. The molecule has 4 nitrogen and oxygen atoms in total. The predicted molar refractivity (Wildman–Crippen MR) is 83.4 cm³/mol. The summed E-state index contributed by atoms with van der Waals surface area (Å²) in [5.41, 5.74) is 1.69. The summed E-state index contributed by atoms with van der Waals surface area (Å²) in [7, 11) is 1.94. The zero-order chi connectivity index (χ0) is 14.2. The summed E-state index contributed by atoms with van der Waals surface area (Å²) in [6.45, 7) is 5.44. The van der Waals surface area contributed by atoms with E-state index in [1.54, 1.807) is 0 Å². The molecule has 4 heteroatoms. The van der Waals surface area contributed by atoms with Crippen molar-refractivity contribution in [2.75, 3.05) is 24.2 Å². The van der Waals surface area contributed by atoms with Gasteiger partial charge in [0.1, 0.15) is 17.5 Å². The lowest BCUT2D eigenvalue weighted by molar-refractivity contribution is 0.485. The van der Waals surface area contributed by atoms with Gasteiger partial charge >= 0.3 is 0 Å². The van der Waals surface area contributed by atoms with Crippen LogP contribution >= 0.6 is 0 Å². The third-order valence-electron chi connectivity index (χ3n) is 4.71. The van der Waals surface area contributed by atoms with E-state index in [4.69, 9.17) is 4.98 Å². The number of anilines is 2. The molecule has 0 bridgehead atoms. The highest BCUT2D eigenvalue weighted by atomic mass is 15.1. The number of hydrogen-bond donors (Lipinski definition) is 2. The standard InChI is InChI=1S/C16H26N4/c1-4-7-16(8-9-16)10-18-14-11(2)13(17-3)19-15(20-14)12-5-6-12/h12H,4-10H2,1-3H3,(H2,17,18,19,20). The number of nitrogens with one attached hydrogen (secondary N) is 2. The maximum atomic E-state index is 4.77. The molecule has 2 fully saturated rings. The molecule has 0 aliphatic heterocycles. The molecule has 2 saturated carbocycles. The van der Waals surface area contributed by atoms with E-state index in [0.29, 0.717) is 11.3 Å². The van der Waals surface area contributed by atoms with Gasteiger partial charge in [0.05, 0.1) is 0 Å². The maximum Gasteiger partial charge on any atom is 0.136 e. The monoisotopic (exact) mass is 274 g/mol. The normalized spacial score (nSPS) is 19.8. The fraction of sp³-hybridized carbons (Fsp3) is 0.750. The van der Waals surface area contributed by atoms with E-state index in [1.807, 2.05) is 7.05 Å². The van der Waals surface area contributed by atoms with Crippen LogP contribution in [-0.2, 0) is 0 Å². The zero-order valence-corrected chi connectivity index (χ0v) is 12.9. The van der Waals surface area contributed by atoms with Gasteiger partial charge in [0.2, 0.25) is 0 Å². The molecular weight excluding hydrogens is 248 g/mol. The average Bonchev–Trinajstić information content (AvgIpc) is 3.33. The summed E-state index contributed by atoms with van der Waals surface area (Å²) in [5.74, 6) is 3.62. The van der Waals surface area contributed by atoms with Crippen LogP contribution in [0.5, 0.6) is 0 Å². The minimum absolute atomic E-state index is 0.547. The summed E-state index contributed by atoms with van der Waals surface area (Å²) < 4.78 is 0. The molecule has 0 saturated heterocycles. The fourth-order valence-corrected chi connectivity index (χ4v) is 2.97. The molecule has 0 spiro atoms. The predicted octanol–water partition coefficient (Wildman–Crippen LogP) is 3.70. The Kier molecular flexibility index (Phi) is 3.57. The first-order valence-corrected chi connectivity index (χ1v) is 7.97. The number of rotatable bonds is 7. The van der Waals surface area contributed by atoms with Crippen molar-refractivity contribution in [2.45, 2.75) is 58.3 Å². The van der Waals surface area contributed by atoms with Crippen molar-refractivity contribution in [1.29, 1.82) is 0 Å². The first-order chi connectivity index (χ1) is 9.67. The average molecular weight is 274 g/mol. The third-order valence-corrected chi connectivity index (χ3v) is 4.71. The Bertz CT molecular complexity index is 489. The minimum Gasteiger partial charge on any atom is -0.373 e. The van der Waals surface area contributed by atoms with E-state index >= 15 is 0 Å². The van der Waals surface area contributed by atoms with Crippen molar-refractivity contribution in [2.24, 2.45) is 5.41 Å². The molecule has 0 atom stereocenters. The Morgan fingerprint density at radius 1 is 1.20 bits per heavy atom. The van der Waals surface area contributed by atoms with Crippen molar-refractivity contribution in [3.05, 3.63) is 11.4 Å². The number of hydrogen-bond acceptors (Lipinski definition) is 4. The van der Waals surface area contributed by atoms with Crippen LogP contribution in [-0.4, -0.2) is 23.6 Å². The molecule has 1 heterocycles. The molecule has 2 aliphatic rings. The SMILES string of the molecule is CCCC1(CNc2nc(C3CC3)nc(NC)c2C)CC1. The molecule has 0 radical (unpaired) electrons. The minimum atomic E-state index is 0.547. The van der Waals surface area contributed by atoms with E-state index in [1.165, 1.54) is 38.5 Å². The summed E-state index contributed by atoms with van der Waals surface area (Å²) >= 11 is 0. The van der Waals surface area contributed by atoms with Gasteiger partial charge in [0.25, 0.3) is 0 Å². The van der Waals surface area contributed by atoms with Gasteiger partial charge < -0.3 is 10.6 Å². The lowest BCUT2D eigenvalue weighted by Gasteiger charge is -2.18. The molecule has 0 aromatic carbocycles. The van der Waals surface area contributed by atoms with Gasteiger partial charge in [-0.15, -0.1) is 0 Å². The van der Waals surface area contributed by atoms with Crippen molar-refractivity contribution in [3.8, 4) is 0 Å². The van der Waals surface area contributed by atoms with Crippen molar-refractivity contribution in [3.63, 3.8) is 0 Å². The van der Waals surface area contributed by atoms with Gasteiger partial charge in [-0.05, 0) is 44.4 Å². The third kappa shape index (κ3) is 2.74. The highest BCUT2D eigenvalue weighted by Gasteiger charge is 2.41. The van der Waals surface area contributed by atoms with E-state index < -0.39 is 0 Å². The largest absolute Gasteiger partial charge is 0.373 e. The molecule has 2 aliphatic carbocycles. The Morgan fingerprint density at radius 3 is 2.45 bits per heavy atom. The smallest absolute Gasteiger partial charge is 0.136 e. The lowest BCUT2D eigenvalue weighted by Crippen LogP contribution is -2.18. The molecular formula is C16H26N4. The van der Waals surface area contributed by atoms with Crippen LogP contribution in [0.3, 0.4) is 0 Å². The van der Waals surface area contributed by atoms with Crippen LogP contribution in [0.1, 0.15) is 62.8 Å². The van der Waals surface area contributed by atoms with Gasteiger partial charge in [-0.3, -0.25) is 0 Å². The van der Waals surface area contributed by atoms with Crippen LogP contribution in [0.25, 0.3) is 0 Å². The Hall–Kier alpha value is -1.32. The van der Waals surface area contributed by atoms with Crippen LogP contribution in [0, 0.1) is 12.3 Å². The second-order valence-corrected chi connectivity index (χ2v) is 6.53. The number of aromatic nitrogens is 2. The number of nitrogens with zero attached hydrogens (tertiary/aromatic N) is 2. The zero-order valence-electron chi connectivity index (χ0n) is 12.9. The quantitative estimate of drug-likeness (QED) is 0.796. The summed E-state index contributed by atoms with van der Waals surface area (Å²) in [6.07, 6.45) is 7.83. The lowest BCUT2D eigenvalue weighted by atomic mass is 10.0. The topological polar surface area (TPSA) is 49.8 Å². The van der Waals surface area contributed by atoms with Crippen LogP contribution in [0.4, 0.5) is 11.6 Å². The van der Waals surface area contributed by atoms with Gasteiger partial charge in [-0.25, -0.2) is 9.97 Å². The molecule has 0 amide bonds. The summed E-state index contributed by atoms with van der Waals surface area (Å²) in [6, 6.07) is 0. The van der Waals surface area contributed by atoms with Gasteiger partial charge in [0, 0.05) is 25.1 Å². The van der Waals surface area contributed by atoms with E-state index in [9.17, 15) is 0 Å². The van der Waals surface area contributed by atoms with E-state index in [2.05, 4.69) is 29.5 Å². The Morgan fingerprint density at radius 2 is 1.90 bits per heavy atom. The van der Waals surface area contributed by atoms with E-state index in [-0.39, 0.29) is 0 Å².